The van der Waals surface area contributed by atoms with Crippen LogP contribution in [0.2, 0.25) is 0 Å². The highest BCUT2D eigenvalue weighted by atomic mass is 79.9. The second kappa shape index (κ2) is 2.75. The lowest BCUT2D eigenvalue weighted by atomic mass is 10.3. The van der Waals surface area contributed by atoms with Crippen LogP contribution in [0.3, 0.4) is 0 Å². The molecular formula is C4H4BrNO. The second-order valence-electron chi connectivity index (χ2n) is 1.09. The molecule has 0 aliphatic carbocycles. The van der Waals surface area contributed by atoms with Crippen molar-refractivity contribution in [1.82, 2.24) is 0 Å². The van der Waals surface area contributed by atoms with Gasteiger partial charge in [-0.15, -0.1) is 0 Å². The van der Waals surface area contributed by atoms with E-state index in [2.05, 4.69) is 15.9 Å². The van der Waals surface area contributed by atoms with Crippen LogP contribution in [0.15, 0.2) is 0 Å². The van der Waals surface area contributed by atoms with Crippen LogP contribution in [-0.2, 0) is 4.79 Å². The largest absolute Gasteiger partial charge is 0.281 e. The third-order valence-corrected chi connectivity index (χ3v) is 0.887. The Bertz CT molecular complexity index is 113. The molecule has 38 valence electrons. The number of carbonyl (C=O) groups is 1. The summed E-state index contributed by atoms with van der Waals surface area (Å²) in [5.41, 5.74) is 0. The average Bonchev–Trinajstić information content (AvgIpc) is 1.65. The summed E-state index contributed by atoms with van der Waals surface area (Å²) >= 11 is 2.93. The number of nitriles is 1. The van der Waals surface area contributed by atoms with Gasteiger partial charge >= 0.3 is 0 Å². The molecule has 0 aromatic rings. The number of carbonyl (C=O) groups excluding carboxylic acids is 1. The van der Waals surface area contributed by atoms with Gasteiger partial charge in [-0.1, -0.05) is 15.9 Å². The Hall–Kier alpha value is -0.360. The molecular weight excluding hydrogens is 158 g/mol. The van der Waals surface area contributed by atoms with Crippen molar-refractivity contribution >= 4 is 21.7 Å². The van der Waals surface area contributed by atoms with Crippen molar-refractivity contribution in [2.45, 2.75) is 11.8 Å². The number of ketones is 1. The van der Waals surface area contributed by atoms with E-state index >= 15 is 0 Å². The van der Waals surface area contributed by atoms with Gasteiger partial charge in [-0.2, -0.15) is 5.26 Å². The fourth-order valence-electron chi connectivity index (χ4n) is 0.0889. The third kappa shape index (κ3) is 2.35. The van der Waals surface area contributed by atoms with E-state index in [1.54, 1.807) is 6.92 Å². The lowest BCUT2D eigenvalue weighted by Crippen LogP contribution is -2.04. The van der Waals surface area contributed by atoms with Crippen LogP contribution >= 0.6 is 15.9 Å². The Morgan fingerprint density at radius 3 is 2.43 bits per heavy atom. The molecule has 0 bridgehead atoms. The summed E-state index contributed by atoms with van der Waals surface area (Å²) in [5, 5.41) is 7.88. The number of halogens is 1. The highest BCUT2D eigenvalue weighted by Crippen LogP contribution is 1.95. The molecule has 0 rings (SSSR count). The smallest absolute Gasteiger partial charge is 0.245 e. The first-order valence-electron chi connectivity index (χ1n) is 1.76. The molecule has 0 fully saturated rings. The average molecular weight is 162 g/mol. The first kappa shape index (κ1) is 6.64. The summed E-state index contributed by atoms with van der Waals surface area (Å²) in [6.07, 6.45) is 0. The number of alkyl halides is 1. The van der Waals surface area contributed by atoms with Crippen molar-refractivity contribution in [2.24, 2.45) is 0 Å². The summed E-state index contributed by atoms with van der Waals surface area (Å²) in [7, 11) is 0. The van der Waals surface area contributed by atoms with E-state index < -0.39 is 5.78 Å². The van der Waals surface area contributed by atoms with Crippen molar-refractivity contribution in [1.29, 1.82) is 5.26 Å². The minimum Gasteiger partial charge on any atom is -0.281 e. The van der Waals surface area contributed by atoms with Gasteiger partial charge < -0.3 is 0 Å². The molecule has 3 heteroatoms. The Morgan fingerprint density at radius 1 is 2.00 bits per heavy atom. The summed E-state index contributed by atoms with van der Waals surface area (Å²) < 4.78 is 0. The van der Waals surface area contributed by atoms with Crippen LogP contribution in [0.4, 0.5) is 0 Å². The van der Waals surface area contributed by atoms with Gasteiger partial charge in [0, 0.05) is 0 Å². The molecule has 1 unspecified atom stereocenters. The minimum atomic E-state index is -0.431. The molecule has 0 aromatic carbocycles. The normalized spacial score (nSPS) is 12.1. The summed E-state index contributed by atoms with van der Waals surface area (Å²) in [6.45, 7) is 1.62. The fourth-order valence-corrected chi connectivity index (χ4v) is 0.191. The van der Waals surface area contributed by atoms with Gasteiger partial charge in [0.1, 0.15) is 6.07 Å². The van der Waals surface area contributed by atoms with Crippen molar-refractivity contribution in [3.05, 3.63) is 0 Å². The zero-order chi connectivity index (χ0) is 5.86. The standard InChI is InChI=1S/C4H4BrNO/c1-3(5)4(7)2-6/h3H,1H3. The van der Waals surface area contributed by atoms with Crippen LogP contribution in [0, 0.1) is 11.3 Å². The first-order valence-corrected chi connectivity index (χ1v) is 2.68. The maximum Gasteiger partial charge on any atom is 0.245 e. The van der Waals surface area contributed by atoms with Gasteiger partial charge in [0.05, 0.1) is 4.83 Å². The van der Waals surface area contributed by atoms with E-state index in [0.717, 1.165) is 0 Å². The van der Waals surface area contributed by atoms with Gasteiger partial charge in [-0.05, 0) is 6.92 Å². The summed E-state index contributed by atoms with van der Waals surface area (Å²) in [4.78, 5) is 9.78. The van der Waals surface area contributed by atoms with E-state index in [4.69, 9.17) is 5.26 Å². The number of nitrogens with zero attached hydrogens (tertiary/aromatic N) is 1. The number of rotatable bonds is 1. The van der Waals surface area contributed by atoms with E-state index in [0.29, 0.717) is 0 Å². The topological polar surface area (TPSA) is 40.9 Å². The fraction of sp³-hybridized carbons (Fsp3) is 0.500. The third-order valence-electron chi connectivity index (χ3n) is 0.471. The zero-order valence-corrected chi connectivity index (χ0v) is 5.40. The summed E-state index contributed by atoms with van der Waals surface area (Å²) in [5.74, 6) is -0.431. The molecule has 0 amide bonds. The van der Waals surface area contributed by atoms with Crippen molar-refractivity contribution in [3.63, 3.8) is 0 Å². The van der Waals surface area contributed by atoms with Gasteiger partial charge in [0.25, 0.3) is 0 Å². The number of Topliss-reactive ketones (excluding diaryl/α,β-unsaturated/α-hetero) is 1. The molecule has 0 aliphatic heterocycles. The van der Waals surface area contributed by atoms with Crippen molar-refractivity contribution in [3.8, 4) is 6.07 Å². The molecule has 0 N–H and O–H groups in total. The molecule has 0 saturated carbocycles. The highest BCUT2D eigenvalue weighted by molar-refractivity contribution is 9.10. The molecule has 7 heavy (non-hydrogen) atoms. The van der Waals surface area contributed by atoms with Crippen molar-refractivity contribution < 1.29 is 4.79 Å². The SMILES string of the molecule is CC(Br)C(=O)C#N. The molecule has 0 heterocycles. The quantitative estimate of drug-likeness (QED) is 0.423. The van der Waals surface area contributed by atoms with Crippen LogP contribution in [0.1, 0.15) is 6.92 Å². The molecule has 0 aromatic heterocycles. The predicted octanol–water partition coefficient (Wildman–Crippen LogP) is 0.862. The maximum atomic E-state index is 10.1. The number of hydrogen-bond donors (Lipinski definition) is 0. The van der Waals surface area contributed by atoms with E-state index in [-0.39, 0.29) is 4.83 Å². The van der Waals surface area contributed by atoms with Crippen LogP contribution in [0.25, 0.3) is 0 Å². The van der Waals surface area contributed by atoms with E-state index in [1.165, 1.54) is 6.07 Å². The molecule has 0 aliphatic rings. The Labute approximate surface area is 50.3 Å². The van der Waals surface area contributed by atoms with Crippen LogP contribution in [-0.4, -0.2) is 10.6 Å². The monoisotopic (exact) mass is 161 g/mol. The first-order chi connectivity index (χ1) is 3.18. The molecule has 1 atom stereocenters. The molecule has 0 saturated heterocycles. The summed E-state index contributed by atoms with van der Waals surface area (Å²) in [6, 6.07) is 1.48. The Balaban J connectivity index is 3.64. The molecule has 2 nitrogen and oxygen atoms in total. The zero-order valence-electron chi connectivity index (χ0n) is 3.81. The van der Waals surface area contributed by atoms with Crippen LogP contribution in [0.5, 0.6) is 0 Å². The molecule has 0 spiro atoms. The van der Waals surface area contributed by atoms with Gasteiger partial charge in [-0.25, -0.2) is 0 Å². The maximum absolute atomic E-state index is 10.1. The van der Waals surface area contributed by atoms with Crippen LogP contribution < -0.4 is 0 Å². The van der Waals surface area contributed by atoms with E-state index in [1.807, 2.05) is 0 Å². The number of hydrogen-bond acceptors (Lipinski definition) is 2. The highest BCUT2D eigenvalue weighted by Gasteiger charge is 2.04. The van der Waals surface area contributed by atoms with Gasteiger partial charge in [0.2, 0.25) is 5.78 Å². The van der Waals surface area contributed by atoms with Gasteiger partial charge in [0.15, 0.2) is 0 Å². The second-order valence-corrected chi connectivity index (χ2v) is 2.47. The Morgan fingerprint density at radius 2 is 2.43 bits per heavy atom. The Kier molecular flexibility index (Phi) is 2.61. The lowest BCUT2D eigenvalue weighted by molar-refractivity contribution is -0.113. The molecule has 0 radical (unpaired) electrons. The predicted molar refractivity (Wildman–Crippen MR) is 29.0 cm³/mol. The van der Waals surface area contributed by atoms with Crippen molar-refractivity contribution in [2.75, 3.05) is 0 Å². The van der Waals surface area contributed by atoms with Gasteiger partial charge in [-0.3, -0.25) is 4.79 Å². The van der Waals surface area contributed by atoms with E-state index in [9.17, 15) is 4.79 Å². The lowest BCUT2D eigenvalue weighted by Gasteiger charge is -1.85. The minimum absolute atomic E-state index is 0.322.